The number of hydrogen-bond acceptors (Lipinski definition) is 2. The van der Waals surface area contributed by atoms with Gasteiger partial charge in [0.2, 0.25) is 0 Å². The van der Waals surface area contributed by atoms with Crippen LogP contribution in [0.15, 0.2) is 18.2 Å². The van der Waals surface area contributed by atoms with Crippen molar-refractivity contribution in [2.24, 2.45) is 11.7 Å². The smallest absolute Gasteiger partial charge is 0.251 e. The minimum Gasteiger partial charge on any atom is -0.352 e. The van der Waals surface area contributed by atoms with Crippen molar-refractivity contribution < 1.29 is 4.79 Å². The van der Waals surface area contributed by atoms with Crippen LogP contribution in [0, 0.1) is 5.92 Å². The first-order chi connectivity index (χ1) is 9.24. The summed E-state index contributed by atoms with van der Waals surface area (Å²) in [4.78, 5) is 12.1. The van der Waals surface area contributed by atoms with Gasteiger partial charge < -0.3 is 11.1 Å². The number of benzene rings is 1. The van der Waals surface area contributed by atoms with Gasteiger partial charge in [0.15, 0.2) is 0 Å². The summed E-state index contributed by atoms with van der Waals surface area (Å²) >= 11 is 0. The van der Waals surface area contributed by atoms with Crippen LogP contribution in [0.25, 0.3) is 0 Å². The Labute approximate surface area is 115 Å². The summed E-state index contributed by atoms with van der Waals surface area (Å²) in [6, 6.07) is 6.11. The molecule has 3 nitrogen and oxygen atoms in total. The summed E-state index contributed by atoms with van der Waals surface area (Å²) < 4.78 is 0. The Hall–Kier alpha value is -1.35. The second-order valence-electron chi connectivity index (χ2n) is 5.40. The molecular weight excluding hydrogens is 236 g/mol. The molecule has 0 fully saturated rings. The predicted molar refractivity (Wildman–Crippen MR) is 78.3 cm³/mol. The minimum atomic E-state index is 0.0465. The largest absolute Gasteiger partial charge is 0.352 e. The summed E-state index contributed by atoms with van der Waals surface area (Å²) in [6.45, 7) is 3.55. The molecule has 1 atom stereocenters. The first-order valence-electron chi connectivity index (χ1n) is 7.34. The number of rotatable bonds is 6. The highest BCUT2D eigenvalue weighted by atomic mass is 16.1. The molecule has 1 unspecified atom stereocenters. The maximum atomic E-state index is 12.1. The third kappa shape index (κ3) is 3.57. The molecule has 1 aliphatic rings. The molecule has 0 saturated carbocycles. The Morgan fingerprint density at radius 3 is 2.89 bits per heavy atom. The van der Waals surface area contributed by atoms with Gasteiger partial charge in [-0.3, -0.25) is 4.79 Å². The van der Waals surface area contributed by atoms with E-state index >= 15 is 0 Å². The molecule has 0 heterocycles. The third-order valence-corrected chi connectivity index (χ3v) is 4.06. The van der Waals surface area contributed by atoms with Gasteiger partial charge in [-0.25, -0.2) is 0 Å². The lowest BCUT2D eigenvalue weighted by molar-refractivity contribution is 0.0946. The van der Waals surface area contributed by atoms with Gasteiger partial charge in [0.05, 0.1) is 0 Å². The van der Waals surface area contributed by atoms with E-state index in [2.05, 4.69) is 24.4 Å². The zero-order valence-corrected chi connectivity index (χ0v) is 11.7. The van der Waals surface area contributed by atoms with Crippen LogP contribution in [0.1, 0.15) is 47.7 Å². The molecular formula is C16H24N2O. The summed E-state index contributed by atoms with van der Waals surface area (Å²) in [7, 11) is 0. The summed E-state index contributed by atoms with van der Waals surface area (Å²) in [6.07, 6.45) is 5.52. The zero-order valence-electron chi connectivity index (χ0n) is 11.7. The first kappa shape index (κ1) is 14.1. The molecule has 0 saturated heterocycles. The molecule has 1 aromatic rings. The molecule has 0 bridgehead atoms. The van der Waals surface area contributed by atoms with E-state index in [1.54, 1.807) is 0 Å². The van der Waals surface area contributed by atoms with Crippen molar-refractivity contribution in [3.05, 3.63) is 34.9 Å². The summed E-state index contributed by atoms with van der Waals surface area (Å²) in [5.74, 6) is 0.536. The maximum Gasteiger partial charge on any atom is 0.251 e. The van der Waals surface area contributed by atoms with Crippen LogP contribution in [0.3, 0.4) is 0 Å². The number of carbonyl (C=O) groups excluding carboxylic acids is 1. The number of aryl methyl sites for hydroxylation is 2. The van der Waals surface area contributed by atoms with Crippen molar-refractivity contribution in [2.45, 2.75) is 39.0 Å². The lowest BCUT2D eigenvalue weighted by Gasteiger charge is -2.14. The Morgan fingerprint density at radius 2 is 2.16 bits per heavy atom. The Balaban J connectivity index is 1.92. The second kappa shape index (κ2) is 6.71. The molecule has 3 N–H and O–H groups in total. The number of amides is 1. The van der Waals surface area contributed by atoms with Gasteiger partial charge in [-0.2, -0.15) is 0 Å². The molecule has 0 radical (unpaired) electrons. The van der Waals surface area contributed by atoms with Crippen molar-refractivity contribution in [1.29, 1.82) is 0 Å². The number of nitrogens with one attached hydrogen (secondary N) is 1. The van der Waals surface area contributed by atoms with E-state index in [0.29, 0.717) is 12.5 Å². The van der Waals surface area contributed by atoms with Crippen molar-refractivity contribution in [2.75, 3.05) is 13.1 Å². The summed E-state index contributed by atoms with van der Waals surface area (Å²) in [5.41, 5.74) is 9.12. The normalized spacial score (nSPS) is 15.1. The van der Waals surface area contributed by atoms with E-state index in [1.807, 2.05) is 6.07 Å². The van der Waals surface area contributed by atoms with Gasteiger partial charge in [-0.05, 0) is 61.4 Å². The van der Waals surface area contributed by atoms with E-state index in [0.717, 1.165) is 37.8 Å². The lowest BCUT2D eigenvalue weighted by Crippen LogP contribution is -2.30. The summed E-state index contributed by atoms with van der Waals surface area (Å²) in [5, 5.41) is 3.03. The highest BCUT2D eigenvalue weighted by Crippen LogP contribution is 2.22. The Kier molecular flexibility index (Phi) is 4.97. The van der Waals surface area contributed by atoms with Crippen LogP contribution in [0.4, 0.5) is 0 Å². The number of carbonyl (C=O) groups is 1. The number of nitrogens with two attached hydrogens (primary N) is 1. The van der Waals surface area contributed by atoms with Gasteiger partial charge in [0, 0.05) is 12.1 Å². The maximum absolute atomic E-state index is 12.1. The predicted octanol–water partition coefficient (Wildman–Crippen LogP) is 2.28. The molecule has 0 aromatic heterocycles. The average Bonchev–Trinajstić information content (AvgIpc) is 2.90. The number of hydrogen-bond donors (Lipinski definition) is 2. The van der Waals surface area contributed by atoms with Gasteiger partial charge >= 0.3 is 0 Å². The SMILES string of the molecule is CCC(CCN)CNC(=O)c1ccc2c(c1)CCC2. The van der Waals surface area contributed by atoms with E-state index in [4.69, 9.17) is 5.73 Å². The van der Waals surface area contributed by atoms with Gasteiger partial charge in [0.25, 0.3) is 5.91 Å². The highest BCUT2D eigenvalue weighted by Gasteiger charge is 2.14. The molecule has 3 heteroatoms. The van der Waals surface area contributed by atoms with Crippen molar-refractivity contribution in [1.82, 2.24) is 5.32 Å². The third-order valence-electron chi connectivity index (χ3n) is 4.06. The van der Waals surface area contributed by atoms with Gasteiger partial charge in [0.1, 0.15) is 0 Å². The van der Waals surface area contributed by atoms with Crippen LogP contribution in [-0.2, 0) is 12.8 Å². The van der Waals surface area contributed by atoms with Crippen LogP contribution in [0.2, 0.25) is 0 Å². The monoisotopic (exact) mass is 260 g/mol. The first-order valence-corrected chi connectivity index (χ1v) is 7.34. The Bertz CT molecular complexity index is 442. The highest BCUT2D eigenvalue weighted by molar-refractivity contribution is 5.94. The fourth-order valence-electron chi connectivity index (χ4n) is 2.74. The average molecular weight is 260 g/mol. The van der Waals surface area contributed by atoms with Crippen LogP contribution >= 0.6 is 0 Å². The molecule has 19 heavy (non-hydrogen) atoms. The minimum absolute atomic E-state index is 0.0465. The molecule has 1 amide bonds. The topological polar surface area (TPSA) is 55.1 Å². The van der Waals surface area contributed by atoms with Crippen molar-refractivity contribution in [3.63, 3.8) is 0 Å². The van der Waals surface area contributed by atoms with Gasteiger partial charge in [-0.1, -0.05) is 19.4 Å². The standard InChI is InChI=1S/C16H24N2O/c1-2-12(8-9-17)11-18-16(19)15-7-6-13-4-3-5-14(13)10-15/h6-7,10,12H,2-5,8-9,11,17H2,1H3,(H,18,19). The van der Waals surface area contributed by atoms with E-state index < -0.39 is 0 Å². The lowest BCUT2D eigenvalue weighted by atomic mass is 10.0. The molecule has 104 valence electrons. The molecule has 1 aromatic carbocycles. The Morgan fingerprint density at radius 1 is 1.37 bits per heavy atom. The second-order valence-corrected chi connectivity index (χ2v) is 5.40. The van der Waals surface area contributed by atoms with E-state index in [9.17, 15) is 4.79 Å². The molecule has 2 rings (SSSR count). The molecule has 0 spiro atoms. The van der Waals surface area contributed by atoms with Crippen LogP contribution in [-0.4, -0.2) is 19.0 Å². The van der Waals surface area contributed by atoms with Crippen molar-refractivity contribution >= 4 is 5.91 Å². The van der Waals surface area contributed by atoms with Gasteiger partial charge in [-0.15, -0.1) is 0 Å². The van der Waals surface area contributed by atoms with Crippen LogP contribution in [0.5, 0.6) is 0 Å². The fourth-order valence-corrected chi connectivity index (χ4v) is 2.74. The van der Waals surface area contributed by atoms with E-state index in [1.165, 1.54) is 17.5 Å². The molecule has 1 aliphatic carbocycles. The fraction of sp³-hybridized carbons (Fsp3) is 0.562. The molecule has 0 aliphatic heterocycles. The van der Waals surface area contributed by atoms with Crippen LogP contribution < -0.4 is 11.1 Å². The quantitative estimate of drug-likeness (QED) is 0.824. The number of fused-ring (bicyclic) bond motifs is 1. The zero-order chi connectivity index (χ0) is 13.7. The van der Waals surface area contributed by atoms with E-state index in [-0.39, 0.29) is 5.91 Å². The van der Waals surface area contributed by atoms with Crippen molar-refractivity contribution in [3.8, 4) is 0 Å².